The highest BCUT2D eigenvalue weighted by molar-refractivity contribution is 9.10. The van der Waals surface area contributed by atoms with E-state index in [1.165, 1.54) is 0 Å². The third kappa shape index (κ3) is 2.74. The van der Waals surface area contributed by atoms with Crippen LogP contribution in [0.5, 0.6) is 0 Å². The Morgan fingerprint density at radius 3 is 2.59 bits per heavy atom. The molecular weight excluding hydrogens is 302 g/mol. The van der Waals surface area contributed by atoms with Crippen molar-refractivity contribution in [1.82, 2.24) is 4.98 Å². The molecule has 5 heteroatoms. The molecule has 0 spiro atoms. The lowest BCUT2D eigenvalue weighted by Crippen LogP contribution is -2.03. The van der Waals surface area contributed by atoms with Gasteiger partial charge in [-0.25, -0.2) is 4.98 Å². The number of rotatable bonds is 4. The van der Waals surface area contributed by atoms with Crippen molar-refractivity contribution in [1.29, 1.82) is 0 Å². The number of thiazole rings is 1. The normalized spacial score (nSPS) is 11.1. The van der Waals surface area contributed by atoms with E-state index in [9.17, 15) is 0 Å². The molecule has 0 aliphatic carbocycles. The summed E-state index contributed by atoms with van der Waals surface area (Å²) in [5.41, 5.74) is 1.88. The summed E-state index contributed by atoms with van der Waals surface area (Å²) in [6.45, 7) is 0. The van der Waals surface area contributed by atoms with Gasteiger partial charge in [-0.3, -0.25) is 0 Å². The predicted molar refractivity (Wildman–Crippen MR) is 72.0 cm³/mol. The van der Waals surface area contributed by atoms with Crippen molar-refractivity contribution in [3.05, 3.63) is 39.8 Å². The molecule has 3 nitrogen and oxygen atoms in total. The monoisotopic (exact) mass is 313 g/mol. The van der Waals surface area contributed by atoms with Crippen LogP contribution in [0.25, 0.3) is 10.6 Å². The standard InChI is InChI=1S/C12H12BrNO2S/c1-15-12(16-2)10-7-17-11(14-10)8-5-3-4-6-9(8)13/h3-7,12H,1-2H3. The van der Waals surface area contributed by atoms with Gasteiger partial charge in [-0.05, 0) is 6.07 Å². The molecule has 0 saturated heterocycles. The Morgan fingerprint density at radius 1 is 1.24 bits per heavy atom. The number of ether oxygens (including phenoxy) is 2. The fourth-order valence-electron chi connectivity index (χ4n) is 1.49. The minimum atomic E-state index is -0.400. The molecule has 2 rings (SSSR count). The van der Waals surface area contributed by atoms with Gasteiger partial charge in [0.15, 0.2) is 0 Å². The van der Waals surface area contributed by atoms with E-state index in [4.69, 9.17) is 9.47 Å². The summed E-state index contributed by atoms with van der Waals surface area (Å²) in [4.78, 5) is 4.52. The Balaban J connectivity index is 2.33. The first-order valence-electron chi connectivity index (χ1n) is 5.02. The van der Waals surface area contributed by atoms with Crippen LogP contribution < -0.4 is 0 Å². The summed E-state index contributed by atoms with van der Waals surface area (Å²) >= 11 is 5.09. The van der Waals surface area contributed by atoms with E-state index in [1.807, 2.05) is 29.6 Å². The Kier molecular flexibility index (Phi) is 4.28. The lowest BCUT2D eigenvalue weighted by Gasteiger charge is -2.09. The molecule has 0 N–H and O–H groups in total. The minimum Gasteiger partial charge on any atom is -0.350 e. The Morgan fingerprint density at radius 2 is 1.94 bits per heavy atom. The zero-order valence-corrected chi connectivity index (χ0v) is 11.9. The maximum absolute atomic E-state index is 5.18. The number of hydrogen-bond donors (Lipinski definition) is 0. The van der Waals surface area contributed by atoms with Crippen molar-refractivity contribution in [2.75, 3.05) is 14.2 Å². The van der Waals surface area contributed by atoms with Gasteiger partial charge >= 0.3 is 0 Å². The topological polar surface area (TPSA) is 31.4 Å². The molecule has 0 amide bonds. The summed E-state index contributed by atoms with van der Waals surface area (Å²) < 4.78 is 11.4. The van der Waals surface area contributed by atoms with Crippen LogP contribution in [0.4, 0.5) is 0 Å². The number of nitrogens with zero attached hydrogens (tertiary/aromatic N) is 1. The van der Waals surface area contributed by atoms with Gasteiger partial charge in [-0.2, -0.15) is 0 Å². The van der Waals surface area contributed by atoms with E-state index in [0.29, 0.717) is 0 Å². The number of benzene rings is 1. The van der Waals surface area contributed by atoms with Gasteiger partial charge in [-0.1, -0.05) is 34.1 Å². The van der Waals surface area contributed by atoms with Gasteiger partial charge in [0.2, 0.25) is 6.29 Å². The molecule has 1 aromatic heterocycles. The fourth-order valence-corrected chi connectivity index (χ4v) is 2.95. The molecule has 0 fully saturated rings. The second-order valence-electron chi connectivity index (χ2n) is 3.36. The molecule has 90 valence electrons. The van der Waals surface area contributed by atoms with Gasteiger partial charge in [0.05, 0.1) is 0 Å². The molecule has 1 aromatic carbocycles. The second-order valence-corrected chi connectivity index (χ2v) is 5.07. The number of methoxy groups -OCH3 is 2. The van der Waals surface area contributed by atoms with Gasteiger partial charge in [0.25, 0.3) is 0 Å². The van der Waals surface area contributed by atoms with E-state index in [0.717, 1.165) is 20.7 Å². The van der Waals surface area contributed by atoms with Crippen LogP contribution in [0.3, 0.4) is 0 Å². The molecule has 0 bridgehead atoms. The highest BCUT2D eigenvalue weighted by Gasteiger charge is 2.14. The Hall–Kier alpha value is -0.750. The number of hydrogen-bond acceptors (Lipinski definition) is 4. The highest BCUT2D eigenvalue weighted by Crippen LogP contribution is 2.32. The zero-order valence-electron chi connectivity index (χ0n) is 9.51. The predicted octanol–water partition coefficient (Wildman–Crippen LogP) is 3.86. The summed E-state index contributed by atoms with van der Waals surface area (Å²) in [5.74, 6) is 0. The molecule has 17 heavy (non-hydrogen) atoms. The SMILES string of the molecule is COC(OC)c1csc(-c2ccccc2Br)n1. The molecule has 0 radical (unpaired) electrons. The van der Waals surface area contributed by atoms with Crippen molar-refractivity contribution < 1.29 is 9.47 Å². The van der Waals surface area contributed by atoms with E-state index in [-0.39, 0.29) is 0 Å². The maximum Gasteiger partial charge on any atom is 0.201 e. The van der Waals surface area contributed by atoms with Gasteiger partial charge in [-0.15, -0.1) is 11.3 Å². The van der Waals surface area contributed by atoms with Crippen LogP contribution in [-0.4, -0.2) is 19.2 Å². The maximum atomic E-state index is 5.18. The Labute approximate surface area is 113 Å². The number of halogens is 1. The number of aromatic nitrogens is 1. The molecule has 0 aliphatic heterocycles. The van der Waals surface area contributed by atoms with Crippen molar-refractivity contribution in [3.63, 3.8) is 0 Å². The van der Waals surface area contributed by atoms with E-state index in [2.05, 4.69) is 20.9 Å². The van der Waals surface area contributed by atoms with Gasteiger partial charge in [0.1, 0.15) is 10.7 Å². The lowest BCUT2D eigenvalue weighted by molar-refractivity contribution is -0.108. The first kappa shape index (κ1) is 12.7. The van der Waals surface area contributed by atoms with Crippen LogP contribution in [0.2, 0.25) is 0 Å². The van der Waals surface area contributed by atoms with Crippen LogP contribution in [0.15, 0.2) is 34.1 Å². The summed E-state index contributed by atoms with van der Waals surface area (Å²) in [6.07, 6.45) is -0.400. The highest BCUT2D eigenvalue weighted by atomic mass is 79.9. The van der Waals surface area contributed by atoms with Crippen LogP contribution >= 0.6 is 27.3 Å². The minimum absolute atomic E-state index is 0.400. The van der Waals surface area contributed by atoms with Crippen molar-refractivity contribution >= 4 is 27.3 Å². The van der Waals surface area contributed by atoms with Crippen molar-refractivity contribution in [2.24, 2.45) is 0 Å². The smallest absolute Gasteiger partial charge is 0.201 e. The summed E-state index contributed by atoms with van der Waals surface area (Å²) in [5, 5.41) is 2.90. The fraction of sp³-hybridized carbons (Fsp3) is 0.250. The quantitative estimate of drug-likeness (QED) is 0.803. The molecule has 0 aliphatic rings. The Bertz CT molecular complexity index is 497. The average molecular weight is 314 g/mol. The zero-order chi connectivity index (χ0) is 12.3. The van der Waals surface area contributed by atoms with Crippen LogP contribution in [0.1, 0.15) is 12.0 Å². The molecule has 2 aromatic rings. The van der Waals surface area contributed by atoms with Gasteiger partial charge in [0, 0.05) is 29.6 Å². The van der Waals surface area contributed by atoms with E-state index < -0.39 is 6.29 Å². The third-order valence-corrected chi connectivity index (χ3v) is 3.88. The van der Waals surface area contributed by atoms with Crippen LogP contribution in [-0.2, 0) is 9.47 Å². The summed E-state index contributed by atoms with van der Waals surface area (Å²) in [7, 11) is 3.21. The molecule has 0 unspecified atom stereocenters. The summed E-state index contributed by atoms with van der Waals surface area (Å²) in [6, 6.07) is 8.00. The van der Waals surface area contributed by atoms with Crippen LogP contribution in [0, 0.1) is 0 Å². The van der Waals surface area contributed by atoms with Crippen molar-refractivity contribution in [3.8, 4) is 10.6 Å². The third-order valence-electron chi connectivity index (χ3n) is 2.30. The first-order chi connectivity index (χ1) is 8.26. The van der Waals surface area contributed by atoms with Gasteiger partial charge < -0.3 is 9.47 Å². The van der Waals surface area contributed by atoms with Crippen molar-refractivity contribution in [2.45, 2.75) is 6.29 Å². The van der Waals surface area contributed by atoms with E-state index >= 15 is 0 Å². The second kappa shape index (κ2) is 5.73. The largest absolute Gasteiger partial charge is 0.350 e. The first-order valence-corrected chi connectivity index (χ1v) is 6.69. The molecule has 1 heterocycles. The average Bonchev–Trinajstić information content (AvgIpc) is 2.81. The van der Waals surface area contributed by atoms with E-state index in [1.54, 1.807) is 25.6 Å². The molecule has 0 saturated carbocycles. The molecule has 0 atom stereocenters. The lowest BCUT2D eigenvalue weighted by atomic mass is 10.2. The molecular formula is C12H12BrNO2S.